The summed E-state index contributed by atoms with van der Waals surface area (Å²) in [6.07, 6.45) is 0.928. The molecule has 3 aromatic rings. The third-order valence-corrected chi connectivity index (χ3v) is 4.11. The average molecular weight is 393 g/mol. The fraction of sp³-hybridized carbons (Fsp3) is 0.136. The van der Waals surface area contributed by atoms with E-state index in [-0.39, 0.29) is 18.3 Å². The number of ether oxygens (including phenoxy) is 1. The van der Waals surface area contributed by atoms with Crippen molar-refractivity contribution in [1.82, 2.24) is 10.3 Å². The maximum absolute atomic E-state index is 12.9. The quantitative estimate of drug-likeness (QED) is 0.658. The second kappa shape index (κ2) is 9.45. The monoisotopic (exact) mass is 393 g/mol. The molecular weight excluding hydrogens is 373 g/mol. The lowest BCUT2D eigenvalue weighted by Crippen LogP contribution is -2.23. The van der Waals surface area contributed by atoms with Gasteiger partial charge in [0.15, 0.2) is 0 Å². The summed E-state index contributed by atoms with van der Waals surface area (Å²) in [7, 11) is 0. The summed E-state index contributed by atoms with van der Waals surface area (Å²) in [5.74, 6) is -0.547. The van der Waals surface area contributed by atoms with Gasteiger partial charge in [0.05, 0.1) is 5.56 Å². The van der Waals surface area contributed by atoms with E-state index in [2.05, 4.69) is 15.6 Å². The SMILES string of the molecule is Cc1ccc(C(=O)NCc2ccc(NC(=O)OCc3ccc(F)cc3)cc2)cn1. The molecular formula is C22H20FN3O3. The zero-order valence-electron chi connectivity index (χ0n) is 15.8. The Morgan fingerprint density at radius 2 is 1.66 bits per heavy atom. The van der Waals surface area contributed by atoms with Crippen LogP contribution in [0.15, 0.2) is 66.9 Å². The first-order chi connectivity index (χ1) is 14.0. The predicted octanol–water partition coefficient (Wildman–Crippen LogP) is 4.21. The zero-order chi connectivity index (χ0) is 20.6. The summed E-state index contributed by atoms with van der Waals surface area (Å²) in [5, 5.41) is 5.44. The largest absolute Gasteiger partial charge is 0.444 e. The first kappa shape index (κ1) is 20.0. The molecule has 3 rings (SSSR count). The lowest BCUT2D eigenvalue weighted by Gasteiger charge is -2.09. The van der Waals surface area contributed by atoms with Gasteiger partial charge in [-0.1, -0.05) is 24.3 Å². The minimum atomic E-state index is -0.609. The van der Waals surface area contributed by atoms with Gasteiger partial charge in [0.1, 0.15) is 12.4 Å². The van der Waals surface area contributed by atoms with Crippen LogP contribution in [0.2, 0.25) is 0 Å². The first-order valence-corrected chi connectivity index (χ1v) is 8.97. The van der Waals surface area contributed by atoms with E-state index in [9.17, 15) is 14.0 Å². The highest BCUT2D eigenvalue weighted by Crippen LogP contribution is 2.11. The number of hydrogen-bond donors (Lipinski definition) is 2. The van der Waals surface area contributed by atoms with Crippen LogP contribution in [-0.2, 0) is 17.9 Å². The average Bonchev–Trinajstić information content (AvgIpc) is 2.73. The predicted molar refractivity (Wildman–Crippen MR) is 107 cm³/mol. The summed E-state index contributed by atoms with van der Waals surface area (Å²) in [6.45, 7) is 2.25. The number of aromatic nitrogens is 1. The van der Waals surface area contributed by atoms with E-state index in [4.69, 9.17) is 4.74 Å². The van der Waals surface area contributed by atoms with E-state index in [0.717, 1.165) is 11.3 Å². The van der Waals surface area contributed by atoms with Crippen LogP contribution >= 0.6 is 0 Å². The number of amides is 2. The van der Waals surface area contributed by atoms with Crippen molar-refractivity contribution in [3.63, 3.8) is 0 Å². The smallest absolute Gasteiger partial charge is 0.411 e. The Hall–Kier alpha value is -3.74. The van der Waals surface area contributed by atoms with Crippen LogP contribution < -0.4 is 10.6 Å². The van der Waals surface area contributed by atoms with E-state index >= 15 is 0 Å². The normalized spacial score (nSPS) is 10.3. The van der Waals surface area contributed by atoms with Crippen LogP contribution in [-0.4, -0.2) is 17.0 Å². The molecule has 148 valence electrons. The van der Waals surface area contributed by atoms with Crippen molar-refractivity contribution in [3.05, 3.63) is 95.1 Å². The fourth-order valence-corrected chi connectivity index (χ4v) is 2.48. The molecule has 0 saturated heterocycles. The molecule has 0 radical (unpaired) electrons. The Bertz CT molecular complexity index is 972. The van der Waals surface area contributed by atoms with E-state index in [1.807, 2.05) is 6.92 Å². The second-order valence-corrected chi connectivity index (χ2v) is 6.40. The molecule has 6 nitrogen and oxygen atoms in total. The van der Waals surface area contributed by atoms with Crippen molar-refractivity contribution in [2.45, 2.75) is 20.1 Å². The van der Waals surface area contributed by atoms with Crippen molar-refractivity contribution in [2.24, 2.45) is 0 Å². The zero-order valence-corrected chi connectivity index (χ0v) is 15.8. The Morgan fingerprint density at radius 1 is 0.966 bits per heavy atom. The number of carbonyl (C=O) groups is 2. The summed E-state index contributed by atoms with van der Waals surface area (Å²) >= 11 is 0. The molecule has 1 aromatic heterocycles. The van der Waals surface area contributed by atoms with E-state index in [1.165, 1.54) is 18.3 Å². The number of halogens is 1. The number of benzene rings is 2. The van der Waals surface area contributed by atoms with Crippen LogP contribution in [0.4, 0.5) is 14.9 Å². The highest BCUT2D eigenvalue weighted by molar-refractivity contribution is 5.93. The summed E-state index contributed by atoms with van der Waals surface area (Å²) in [6, 6.07) is 16.3. The van der Waals surface area contributed by atoms with Crippen molar-refractivity contribution < 1.29 is 18.7 Å². The van der Waals surface area contributed by atoms with Crippen LogP contribution in [0, 0.1) is 12.7 Å². The Balaban J connectivity index is 1.45. The third-order valence-electron chi connectivity index (χ3n) is 4.11. The molecule has 1 heterocycles. The van der Waals surface area contributed by atoms with E-state index in [1.54, 1.807) is 48.5 Å². The van der Waals surface area contributed by atoms with Gasteiger partial charge in [-0.25, -0.2) is 9.18 Å². The molecule has 2 amide bonds. The summed E-state index contributed by atoms with van der Waals surface area (Å²) in [5.41, 5.74) is 3.48. The van der Waals surface area contributed by atoms with Crippen LogP contribution in [0.25, 0.3) is 0 Å². The van der Waals surface area contributed by atoms with Gasteiger partial charge in [-0.2, -0.15) is 0 Å². The molecule has 0 fully saturated rings. The maximum Gasteiger partial charge on any atom is 0.411 e. The van der Waals surface area contributed by atoms with Gasteiger partial charge in [-0.05, 0) is 54.4 Å². The van der Waals surface area contributed by atoms with Crippen LogP contribution in [0.3, 0.4) is 0 Å². The van der Waals surface area contributed by atoms with Gasteiger partial charge in [0, 0.05) is 24.1 Å². The molecule has 0 bridgehead atoms. The number of pyridine rings is 1. The molecule has 0 saturated carbocycles. The van der Waals surface area contributed by atoms with Crippen molar-refractivity contribution in [3.8, 4) is 0 Å². The van der Waals surface area contributed by atoms with E-state index in [0.29, 0.717) is 23.4 Å². The molecule has 0 aliphatic heterocycles. The van der Waals surface area contributed by atoms with Gasteiger partial charge in [0.2, 0.25) is 0 Å². The number of hydrogen-bond acceptors (Lipinski definition) is 4. The number of nitrogens with zero attached hydrogens (tertiary/aromatic N) is 1. The highest BCUT2D eigenvalue weighted by Gasteiger charge is 2.07. The standard InChI is InChI=1S/C22H20FN3O3/c1-15-2-7-18(13-24-15)21(27)25-12-16-5-10-20(11-6-16)26-22(28)29-14-17-3-8-19(23)9-4-17/h2-11,13H,12,14H2,1H3,(H,25,27)(H,26,28). The number of anilines is 1. The molecule has 0 spiro atoms. The van der Waals surface area contributed by atoms with E-state index < -0.39 is 6.09 Å². The summed E-state index contributed by atoms with van der Waals surface area (Å²) in [4.78, 5) is 28.1. The molecule has 2 aromatic carbocycles. The topological polar surface area (TPSA) is 80.3 Å². The molecule has 0 aliphatic carbocycles. The van der Waals surface area contributed by atoms with Gasteiger partial charge in [-0.15, -0.1) is 0 Å². The van der Waals surface area contributed by atoms with Gasteiger partial charge in [0.25, 0.3) is 5.91 Å². The Labute approximate surface area is 167 Å². The van der Waals surface area contributed by atoms with Crippen molar-refractivity contribution in [2.75, 3.05) is 5.32 Å². The Kier molecular flexibility index (Phi) is 6.52. The Morgan fingerprint density at radius 3 is 2.31 bits per heavy atom. The van der Waals surface area contributed by atoms with Crippen LogP contribution in [0.1, 0.15) is 27.2 Å². The number of rotatable bonds is 6. The minimum absolute atomic E-state index is 0.0457. The molecule has 29 heavy (non-hydrogen) atoms. The number of nitrogens with one attached hydrogen (secondary N) is 2. The third kappa shape index (κ3) is 6.14. The van der Waals surface area contributed by atoms with Gasteiger partial charge >= 0.3 is 6.09 Å². The summed E-state index contributed by atoms with van der Waals surface area (Å²) < 4.78 is 18.0. The molecule has 2 N–H and O–H groups in total. The molecule has 0 atom stereocenters. The van der Waals surface area contributed by atoms with Gasteiger partial charge in [-0.3, -0.25) is 15.1 Å². The lowest BCUT2D eigenvalue weighted by atomic mass is 10.2. The van der Waals surface area contributed by atoms with Crippen LogP contribution in [0.5, 0.6) is 0 Å². The number of carbonyl (C=O) groups excluding carboxylic acids is 2. The lowest BCUT2D eigenvalue weighted by molar-refractivity contribution is 0.0950. The van der Waals surface area contributed by atoms with Crippen molar-refractivity contribution in [1.29, 1.82) is 0 Å². The number of aryl methyl sites for hydroxylation is 1. The van der Waals surface area contributed by atoms with Gasteiger partial charge < -0.3 is 10.1 Å². The fourth-order valence-electron chi connectivity index (χ4n) is 2.48. The molecule has 7 heteroatoms. The van der Waals surface area contributed by atoms with Crippen molar-refractivity contribution >= 4 is 17.7 Å². The maximum atomic E-state index is 12.9. The first-order valence-electron chi connectivity index (χ1n) is 8.97. The highest BCUT2D eigenvalue weighted by atomic mass is 19.1. The molecule has 0 unspecified atom stereocenters. The minimum Gasteiger partial charge on any atom is -0.444 e. The molecule has 0 aliphatic rings. The second-order valence-electron chi connectivity index (χ2n) is 6.40.